The minimum Gasteiger partial charge on any atom is -0.495 e. The van der Waals surface area contributed by atoms with Crippen LogP contribution in [-0.4, -0.2) is 33.1 Å². The van der Waals surface area contributed by atoms with Crippen molar-refractivity contribution in [2.24, 2.45) is 11.8 Å². The van der Waals surface area contributed by atoms with Crippen LogP contribution in [0.15, 0.2) is 23.1 Å². The van der Waals surface area contributed by atoms with Crippen LogP contribution in [0.2, 0.25) is 0 Å². The molecule has 0 heterocycles. The van der Waals surface area contributed by atoms with Crippen molar-refractivity contribution in [2.75, 3.05) is 13.7 Å². The molecule has 0 spiro atoms. The Kier molecular flexibility index (Phi) is 5.74. The monoisotopic (exact) mass is 315 g/mol. The van der Waals surface area contributed by atoms with E-state index in [9.17, 15) is 13.2 Å². The Hall–Kier alpha value is -1.60. The van der Waals surface area contributed by atoms with E-state index in [1.807, 2.05) is 20.8 Å². The van der Waals surface area contributed by atoms with Crippen LogP contribution >= 0.6 is 0 Å². The molecule has 0 radical (unpaired) electrons. The van der Waals surface area contributed by atoms with Gasteiger partial charge in [0.25, 0.3) is 0 Å². The molecule has 0 saturated heterocycles. The predicted octanol–water partition coefficient (Wildman–Crippen LogP) is 1.96. The molecule has 0 saturated carbocycles. The molecule has 7 heteroatoms. The Morgan fingerprint density at radius 3 is 2.43 bits per heavy atom. The number of ether oxygens (including phenoxy) is 1. The number of carboxylic acids is 1. The molecule has 0 fully saturated rings. The SMILES string of the molecule is COc1ccc(C(=O)O)cc1S(=O)(=O)NCC(C)C(C)C. The molecule has 6 nitrogen and oxygen atoms in total. The molecule has 0 aliphatic rings. The van der Waals surface area contributed by atoms with Gasteiger partial charge < -0.3 is 9.84 Å². The lowest BCUT2D eigenvalue weighted by molar-refractivity contribution is 0.0696. The molecule has 2 N–H and O–H groups in total. The van der Waals surface area contributed by atoms with Crippen molar-refractivity contribution in [3.05, 3.63) is 23.8 Å². The number of benzene rings is 1. The van der Waals surface area contributed by atoms with E-state index in [1.54, 1.807) is 0 Å². The van der Waals surface area contributed by atoms with E-state index in [-0.39, 0.29) is 28.7 Å². The lowest BCUT2D eigenvalue weighted by Gasteiger charge is -2.17. The quantitative estimate of drug-likeness (QED) is 0.802. The first-order chi connectivity index (χ1) is 9.69. The normalized spacial score (nSPS) is 13.2. The highest BCUT2D eigenvalue weighted by Gasteiger charge is 2.22. The van der Waals surface area contributed by atoms with Crippen LogP contribution in [0.5, 0.6) is 5.75 Å². The van der Waals surface area contributed by atoms with Gasteiger partial charge >= 0.3 is 5.97 Å². The van der Waals surface area contributed by atoms with Gasteiger partial charge in [-0.05, 0) is 30.0 Å². The molecule has 1 aromatic carbocycles. The Labute approximate surface area is 125 Å². The second kappa shape index (κ2) is 6.91. The minimum atomic E-state index is -3.83. The number of hydrogen-bond acceptors (Lipinski definition) is 4. The first kappa shape index (κ1) is 17.5. The van der Waals surface area contributed by atoms with Gasteiger partial charge in [0.15, 0.2) is 0 Å². The number of aromatic carboxylic acids is 1. The fourth-order valence-electron chi connectivity index (χ4n) is 1.57. The number of sulfonamides is 1. The standard InChI is InChI=1S/C14H21NO5S/c1-9(2)10(3)8-15-21(18,19)13-7-11(14(16)17)5-6-12(13)20-4/h5-7,9-10,15H,8H2,1-4H3,(H,16,17). The highest BCUT2D eigenvalue weighted by molar-refractivity contribution is 7.89. The highest BCUT2D eigenvalue weighted by Crippen LogP contribution is 2.25. The molecule has 0 aromatic heterocycles. The molecule has 1 atom stereocenters. The van der Waals surface area contributed by atoms with Crippen molar-refractivity contribution in [1.29, 1.82) is 0 Å². The van der Waals surface area contributed by atoms with Gasteiger partial charge in [-0.25, -0.2) is 17.9 Å². The Bertz CT molecular complexity index is 610. The zero-order valence-electron chi connectivity index (χ0n) is 12.6. The van der Waals surface area contributed by atoms with Gasteiger partial charge in [-0.1, -0.05) is 20.8 Å². The van der Waals surface area contributed by atoms with E-state index < -0.39 is 16.0 Å². The summed E-state index contributed by atoms with van der Waals surface area (Å²) in [4.78, 5) is 10.8. The average molecular weight is 315 g/mol. The fourth-order valence-corrected chi connectivity index (χ4v) is 2.91. The predicted molar refractivity (Wildman–Crippen MR) is 79.1 cm³/mol. The largest absolute Gasteiger partial charge is 0.495 e. The van der Waals surface area contributed by atoms with Crippen LogP contribution < -0.4 is 9.46 Å². The molecular formula is C14H21NO5S. The molecule has 0 bridgehead atoms. The summed E-state index contributed by atoms with van der Waals surface area (Å²) in [6.07, 6.45) is 0. The lowest BCUT2D eigenvalue weighted by Crippen LogP contribution is -2.30. The first-order valence-electron chi connectivity index (χ1n) is 6.60. The third-order valence-corrected chi connectivity index (χ3v) is 4.88. The molecule has 21 heavy (non-hydrogen) atoms. The van der Waals surface area contributed by atoms with Crippen molar-refractivity contribution in [3.63, 3.8) is 0 Å². The van der Waals surface area contributed by atoms with Crippen molar-refractivity contribution >= 4 is 16.0 Å². The third kappa shape index (κ3) is 4.44. The maximum atomic E-state index is 12.3. The summed E-state index contributed by atoms with van der Waals surface area (Å²) in [6, 6.07) is 3.74. The second-order valence-corrected chi connectivity index (χ2v) is 6.98. The highest BCUT2D eigenvalue weighted by atomic mass is 32.2. The van der Waals surface area contributed by atoms with Gasteiger partial charge in [0.1, 0.15) is 10.6 Å². The van der Waals surface area contributed by atoms with Gasteiger partial charge in [0, 0.05) is 6.54 Å². The number of carbonyl (C=O) groups is 1. The van der Waals surface area contributed by atoms with E-state index in [2.05, 4.69) is 4.72 Å². The van der Waals surface area contributed by atoms with Crippen LogP contribution in [0.1, 0.15) is 31.1 Å². The molecule has 0 amide bonds. The summed E-state index contributed by atoms with van der Waals surface area (Å²) in [5, 5.41) is 8.97. The third-order valence-electron chi connectivity index (χ3n) is 3.43. The fraction of sp³-hybridized carbons (Fsp3) is 0.500. The average Bonchev–Trinajstić information content (AvgIpc) is 2.43. The van der Waals surface area contributed by atoms with Gasteiger partial charge in [0.2, 0.25) is 10.0 Å². The lowest BCUT2D eigenvalue weighted by atomic mass is 9.99. The molecular weight excluding hydrogens is 294 g/mol. The topological polar surface area (TPSA) is 92.7 Å². The van der Waals surface area contributed by atoms with E-state index in [0.717, 1.165) is 6.07 Å². The van der Waals surface area contributed by atoms with Gasteiger partial charge in [-0.2, -0.15) is 0 Å². The molecule has 1 aromatic rings. The van der Waals surface area contributed by atoms with Gasteiger partial charge in [0.05, 0.1) is 12.7 Å². The Morgan fingerprint density at radius 1 is 1.33 bits per heavy atom. The van der Waals surface area contributed by atoms with Gasteiger partial charge in [-0.15, -0.1) is 0 Å². The zero-order chi connectivity index (χ0) is 16.2. The second-order valence-electron chi connectivity index (χ2n) is 5.24. The number of nitrogens with one attached hydrogen (secondary N) is 1. The number of carboxylic acid groups (broad SMARTS) is 1. The van der Waals surface area contributed by atoms with Crippen LogP contribution in [-0.2, 0) is 10.0 Å². The van der Waals surface area contributed by atoms with Crippen LogP contribution in [0.4, 0.5) is 0 Å². The summed E-state index contributed by atoms with van der Waals surface area (Å²) in [6.45, 7) is 6.23. The molecule has 118 valence electrons. The van der Waals surface area contributed by atoms with Crippen molar-refractivity contribution in [1.82, 2.24) is 4.72 Å². The first-order valence-corrected chi connectivity index (χ1v) is 8.08. The van der Waals surface area contributed by atoms with Crippen LogP contribution in [0.3, 0.4) is 0 Å². The summed E-state index contributed by atoms with van der Waals surface area (Å²) in [5.74, 6) is -0.581. The molecule has 0 aliphatic carbocycles. The summed E-state index contributed by atoms with van der Waals surface area (Å²) >= 11 is 0. The molecule has 1 rings (SSSR count). The summed E-state index contributed by atoms with van der Waals surface area (Å²) in [7, 11) is -2.49. The van der Waals surface area contributed by atoms with Crippen LogP contribution in [0.25, 0.3) is 0 Å². The number of methoxy groups -OCH3 is 1. The van der Waals surface area contributed by atoms with E-state index >= 15 is 0 Å². The Balaban J connectivity index is 3.11. The van der Waals surface area contributed by atoms with Crippen molar-refractivity contribution in [3.8, 4) is 5.75 Å². The van der Waals surface area contributed by atoms with Crippen molar-refractivity contribution < 1.29 is 23.1 Å². The van der Waals surface area contributed by atoms with E-state index in [0.29, 0.717) is 5.92 Å². The maximum Gasteiger partial charge on any atom is 0.335 e. The van der Waals surface area contributed by atoms with Gasteiger partial charge in [-0.3, -0.25) is 0 Å². The molecule has 0 aliphatic heterocycles. The number of rotatable bonds is 7. The minimum absolute atomic E-state index is 0.104. The Morgan fingerprint density at radius 2 is 1.95 bits per heavy atom. The van der Waals surface area contributed by atoms with E-state index in [1.165, 1.54) is 19.2 Å². The maximum absolute atomic E-state index is 12.3. The summed E-state index contributed by atoms with van der Waals surface area (Å²) < 4.78 is 32.2. The molecule has 1 unspecified atom stereocenters. The smallest absolute Gasteiger partial charge is 0.335 e. The van der Waals surface area contributed by atoms with Crippen LogP contribution in [0, 0.1) is 11.8 Å². The summed E-state index contributed by atoms with van der Waals surface area (Å²) in [5.41, 5.74) is -0.104. The zero-order valence-corrected chi connectivity index (χ0v) is 13.4. The number of hydrogen-bond donors (Lipinski definition) is 2. The van der Waals surface area contributed by atoms with Crippen molar-refractivity contribution in [2.45, 2.75) is 25.7 Å². The van der Waals surface area contributed by atoms with E-state index in [4.69, 9.17) is 9.84 Å².